The Morgan fingerprint density at radius 1 is 1.21 bits per heavy atom. The van der Waals surface area contributed by atoms with Crippen LogP contribution in [0.4, 0.5) is 10.5 Å². The first kappa shape index (κ1) is 18.2. The van der Waals surface area contributed by atoms with E-state index in [1.807, 2.05) is 0 Å². The fraction of sp³-hybridized carbons (Fsp3) is 0.467. The van der Waals surface area contributed by atoms with Crippen LogP contribution in [0.5, 0.6) is 5.75 Å². The molecule has 1 fully saturated rings. The van der Waals surface area contributed by atoms with Crippen LogP contribution in [0.1, 0.15) is 13.8 Å². The topological polar surface area (TPSA) is 87.2 Å². The van der Waals surface area contributed by atoms with Gasteiger partial charge in [-0.1, -0.05) is 0 Å². The molecule has 0 spiro atoms. The van der Waals surface area contributed by atoms with E-state index in [1.54, 1.807) is 13.8 Å². The molecule has 1 saturated heterocycles. The number of ether oxygens (including phenoxy) is 1. The number of carbonyl (C=O) groups excluding carboxylic acids is 2. The Labute approximate surface area is 141 Å². The summed E-state index contributed by atoms with van der Waals surface area (Å²) < 4.78 is 31.4. The van der Waals surface area contributed by atoms with Crippen molar-refractivity contribution in [3.8, 4) is 5.75 Å². The van der Waals surface area contributed by atoms with Gasteiger partial charge < -0.3 is 4.74 Å². The molecule has 0 saturated carbocycles. The number of benzene rings is 1. The van der Waals surface area contributed by atoms with E-state index in [9.17, 15) is 18.0 Å². The van der Waals surface area contributed by atoms with Crippen LogP contribution in [-0.2, 0) is 14.8 Å². The van der Waals surface area contributed by atoms with Crippen LogP contribution in [0.15, 0.2) is 23.1 Å². The number of amides is 3. The van der Waals surface area contributed by atoms with Crippen LogP contribution in [0.25, 0.3) is 0 Å². The Morgan fingerprint density at radius 3 is 2.29 bits per heavy atom. The number of imide groups is 1. The van der Waals surface area contributed by atoms with Crippen molar-refractivity contribution >= 4 is 27.6 Å². The molecular weight excluding hydrogens is 334 g/mol. The predicted octanol–water partition coefficient (Wildman–Crippen LogP) is 1.12. The van der Waals surface area contributed by atoms with Gasteiger partial charge in [0.1, 0.15) is 12.3 Å². The lowest BCUT2D eigenvalue weighted by molar-refractivity contribution is -0.123. The quantitative estimate of drug-likeness (QED) is 0.739. The van der Waals surface area contributed by atoms with Gasteiger partial charge >= 0.3 is 6.03 Å². The van der Waals surface area contributed by atoms with Crippen LogP contribution < -0.4 is 9.64 Å². The highest BCUT2D eigenvalue weighted by Gasteiger charge is 2.36. The van der Waals surface area contributed by atoms with Crippen LogP contribution in [0.3, 0.4) is 0 Å². The highest BCUT2D eigenvalue weighted by molar-refractivity contribution is 7.89. The average Bonchev–Trinajstić information content (AvgIpc) is 2.74. The summed E-state index contributed by atoms with van der Waals surface area (Å²) in [4.78, 5) is 26.3. The number of urea groups is 1. The minimum atomic E-state index is -3.64. The second kappa shape index (κ2) is 6.40. The maximum atomic E-state index is 12.3. The summed E-state index contributed by atoms with van der Waals surface area (Å²) in [5.41, 5.74) is 0.365. The minimum absolute atomic E-state index is 0.0539. The second-order valence-corrected chi connectivity index (χ2v) is 8.06. The van der Waals surface area contributed by atoms with Crippen molar-refractivity contribution in [2.45, 2.75) is 24.8 Å². The van der Waals surface area contributed by atoms with Gasteiger partial charge in [0, 0.05) is 27.2 Å². The minimum Gasteiger partial charge on any atom is -0.489 e. The molecule has 0 atom stereocenters. The third-order valence-electron chi connectivity index (χ3n) is 3.55. The number of hydrogen-bond donors (Lipinski definition) is 0. The third-order valence-corrected chi connectivity index (χ3v) is 5.36. The van der Waals surface area contributed by atoms with E-state index in [0.29, 0.717) is 5.69 Å². The maximum Gasteiger partial charge on any atom is 0.331 e. The number of anilines is 1. The Hall–Kier alpha value is -2.13. The summed E-state index contributed by atoms with van der Waals surface area (Å²) in [6.07, 6.45) is -0.229. The second-order valence-electron chi connectivity index (χ2n) is 5.91. The Balaban J connectivity index is 2.53. The normalized spacial score (nSPS) is 15.8. The lowest BCUT2D eigenvalue weighted by atomic mass is 10.2. The van der Waals surface area contributed by atoms with Crippen LogP contribution in [0, 0.1) is 0 Å². The van der Waals surface area contributed by atoms with Crippen LogP contribution in [0.2, 0.25) is 0 Å². The standard InChI is InChI=1S/C15H21N3O5S/c1-10(2)23-13-8-11(24(21,22)16(3)4)6-7-12(13)18-9-14(19)17(5)15(18)20/h6-8,10H,9H2,1-5H3. The number of likely N-dealkylation sites (N-methyl/N-ethyl adjacent to an activating group) is 1. The van der Waals surface area contributed by atoms with Crippen molar-refractivity contribution in [1.29, 1.82) is 0 Å². The van der Waals surface area contributed by atoms with Crippen LogP contribution >= 0.6 is 0 Å². The molecule has 1 aromatic carbocycles. The van der Waals surface area contributed by atoms with Gasteiger partial charge in [-0.15, -0.1) is 0 Å². The van der Waals surface area contributed by atoms with Gasteiger partial charge in [0.05, 0.1) is 16.7 Å². The fourth-order valence-corrected chi connectivity index (χ4v) is 3.14. The molecule has 2 rings (SSSR count). The number of nitrogens with zero attached hydrogens (tertiary/aromatic N) is 3. The van der Waals surface area contributed by atoms with Crippen molar-refractivity contribution in [3.63, 3.8) is 0 Å². The molecule has 0 N–H and O–H groups in total. The van der Waals surface area contributed by atoms with E-state index in [0.717, 1.165) is 9.21 Å². The van der Waals surface area contributed by atoms with E-state index >= 15 is 0 Å². The van der Waals surface area contributed by atoms with Crippen molar-refractivity contribution in [1.82, 2.24) is 9.21 Å². The van der Waals surface area contributed by atoms with Gasteiger partial charge in [0.2, 0.25) is 15.9 Å². The van der Waals surface area contributed by atoms with Crippen molar-refractivity contribution < 1.29 is 22.7 Å². The predicted molar refractivity (Wildman–Crippen MR) is 88.6 cm³/mol. The van der Waals surface area contributed by atoms with E-state index < -0.39 is 16.1 Å². The average molecular weight is 355 g/mol. The molecular formula is C15H21N3O5S. The smallest absolute Gasteiger partial charge is 0.331 e. The molecule has 1 aliphatic rings. The zero-order valence-electron chi connectivity index (χ0n) is 14.3. The third kappa shape index (κ3) is 3.22. The highest BCUT2D eigenvalue weighted by Crippen LogP contribution is 2.34. The zero-order valence-corrected chi connectivity index (χ0v) is 15.1. The summed E-state index contributed by atoms with van der Waals surface area (Å²) in [5, 5.41) is 0. The first-order valence-electron chi connectivity index (χ1n) is 7.37. The van der Waals surface area contributed by atoms with E-state index in [4.69, 9.17) is 4.74 Å². The molecule has 8 nitrogen and oxygen atoms in total. The van der Waals surface area contributed by atoms with Gasteiger partial charge in [-0.2, -0.15) is 0 Å². The summed E-state index contributed by atoms with van der Waals surface area (Å²) in [6.45, 7) is 3.48. The largest absolute Gasteiger partial charge is 0.489 e. The summed E-state index contributed by atoms with van der Waals surface area (Å²) in [5.74, 6) is -0.0927. The van der Waals surface area contributed by atoms with Crippen LogP contribution in [-0.4, -0.2) is 63.4 Å². The fourth-order valence-electron chi connectivity index (χ4n) is 2.22. The van der Waals surface area contributed by atoms with Crippen molar-refractivity contribution in [3.05, 3.63) is 18.2 Å². The summed E-state index contributed by atoms with van der Waals surface area (Å²) in [6, 6.07) is 3.78. The maximum absolute atomic E-state index is 12.3. The van der Waals surface area contributed by atoms with Crippen molar-refractivity contribution in [2.24, 2.45) is 0 Å². The van der Waals surface area contributed by atoms with Gasteiger partial charge in [-0.3, -0.25) is 14.6 Å². The Bertz CT molecular complexity index is 773. The lowest BCUT2D eigenvalue weighted by Crippen LogP contribution is -2.30. The lowest BCUT2D eigenvalue weighted by Gasteiger charge is -2.22. The Kier molecular flexibility index (Phi) is 4.86. The molecule has 0 unspecified atom stereocenters. The molecule has 1 aliphatic heterocycles. The van der Waals surface area contributed by atoms with Gasteiger partial charge in [-0.05, 0) is 26.0 Å². The van der Waals surface area contributed by atoms with Gasteiger partial charge in [0.15, 0.2) is 0 Å². The first-order chi connectivity index (χ1) is 11.1. The van der Waals surface area contributed by atoms with Crippen molar-refractivity contribution in [2.75, 3.05) is 32.6 Å². The van der Waals surface area contributed by atoms with Gasteiger partial charge in [0.25, 0.3) is 0 Å². The molecule has 0 aliphatic carbocycles. The molecule has 0 aromatic heterocycles. The number of sulfonamides is 1. The first-order valence-corrected chi connectivity index (χ1v) is 8.81. The number of rotatable bonds is 5. The molecule has 9 heteroatoms. The summed E-state index contributed by atoms with van der Waals surface area (Å²) >= 11 is 0. The molecule has 3 amide bonds. The Morgan fingerprint density at radius 2 is 1.83 bits per heavy atom. The monoisotopic (exact) mass is 355 g/mol. The molecule has 24 heavy (non-hydrogen) atoms. The number of hydrogen-bond acceptors (Lipinski definition) is 5. The zero-order chi connectivity index (χ0) is 18.2. The molecule has 0 bridgehead atoms. The summed E-state index contributed by atoms with van der Waals surface area (Å²) in [7, 11) is 0.632. The molecule has 132 valence electrons. The van der Waals surface area contributed by atoms with E-state index in [1.165, 1.54) is 44.2 Å². The SMILES string of the molecule is CC(C)Oc1cc(S(=O)(=O)N(C)C)ccc1N1CC(=O)N(C)C1=O. The molecule has 1 aromatic rings. The highest BCUT2D eigenvalue weighted by atomic mass is 32.2. The van der Waals surface area contributed by atoms with E-state index in [-0.39, 0.29) is 29.2 Å². The molecule has 0 radical (unpaired) electrons. The van der Waals surface area contributed by atoms with E-state index in [2.05, 4.69) is 0 Å². The van der Waals surface area contributed by atoms with Gasteiger partial charge in [-0.25, -0.2) is 17.5 Å². The number of carbonyl (C=O) groups is 2. The molecule has 1 heterocycles.